The van der Waals surface area contributed by atoms with Crippen molar-refractivity contribution < 1.29 is 22.7 Å². The fourth-order valence-corrected chi connectivity index (χ4v) is 1.06. The van der Waals surface area contributed by atoms with E-state index in [9.17, 15) is 18.0 Å². The molecule has 1 heterocycles. The van der Waals surface area contributed by atoms with Gasteiger partial charge in [0.1, 0.15) is 0 Å². The molecule has 1 rings (SSSR count). The fourth-order valence-electron chi connectivity index (χ4n) is 1.06. The number of aromatic nitrogens is 1. The number of hydrogen-bond donors (Lipinski definition) is 0. The van der Waals surface area contributed by atoms with Crippen LogP contribution >= 0.6 is 0 Å². The van der Waals surface area contributed by atoms with Crippen LogP contribution in [0.15, 0.2) is 12.3 Å². The molecule has 0 N–H and O–H groups in total. The monoisotopic (exact) mass is 219 g/mol. The number of methoxy groups -OCH3 is 1. The summed E-state index contributed by atoms with van der Waals surface area (Å²) in [6.45, 7) is 0. The number of carbonyl (C=O) groups is 1. The molecule has 0 unspecified atom stereocenters. The normalized spacial score (nSPS) is 10.5. The van der Waals surface area contributed by atoms with Gasteiger partial charge in [0.15, 0.2) is 0 Å². The summed E-state index contributed by atoms with van der Waals surface area (Å²) < 4.78 is 41.8. The van der Waals surface area contributed by atoms with Crippen LogP contribution in [0.4, 0.5) is 13.2 Å². The second-order valence-corrected chi connectivity index (χ2v) is 2.76. The number of carbonyl (C=O) groups excluding carboxylic acids is 1. The summed E-state index contributed by atoms with van der Waals surface area (Å²) in [5.74, 6) is -1.61. The van der Waals surface area contributed by atoms with Gasteiger partial charge >= 0.3 is 5.97 Å². The van der Waals surface area contributed by atoms with Crippen LogP contribution in [-0.2, 0) is 16.0 Å². The predicted octanol–water partition coefficient (Wildman–Crippen LogP) is 1.87. The quantitative estimate of drug-likeness (QED) is 0.575. The second-order valence-electron chi connectivity index (χ2n) is 2.76. The molecule has 0 aliphatic carbocycles. The van der Waals surface area contributed by atoms with Gasteiger partial charge in [-0.1, -0.05) is 0 Å². The first-order valence-corrected chi connectivity index (χ1v) is 4.04. The lowest BCUT2D eigenvalue weighted by Gasteiger charge is -2.06. The summed E-state index contributed by atoms with van der Waals surface area (Å²) in [4.78, 5) is 14.0. The molecule has 0 saturated heterocycles. The van der Waals surface area contributed by atoms with Gasteiger partial charge in [0.05, 0.1) is 13.5 Å². The van der Waals surface area contributed by atoms with Crippen molar-refractivity contribution in [1.82, 2.24) is 4.98 Å². The highest BCUT2D eigenvalue weighted by atomic mass is 19.3. The molecule has 15 heavy (non-hydrogen) atoms. The Kier molecular flexibility index (Phi) is 3.65. The van der Waals surface area contributed by atoms with E-state index in [0.29, 0.717) is 0 Å². The van der Waals surface area contributed by atoms with Crippen LogP contribution in [0.5, 0.6) is 0 Å². The first-order chi connectivity index (χ1) is 7.04. The first-order valence-electron chi connectivity index (χ1n) is 4.04. The molecule has 1 aromatic heterocycles. The standard InChI is InChI=1S/C9H8F3NO2/c1-15-8(14)3-5-2-7(10)13-4-6(5)9(11)12/h2,4,9H,3H2,1H3. The Balaban J connectivity index is 3.02. The van der Waals surface area contributed by atoms with Crippen LogP contribution in [0.1, 0.15) is 17.6 Å². The highest BCUT2D eigenvalue weighted by molar-refractivity contribution is 5.72. The number of ether oxygens (including phenoxy) is 1. The molecule has 0 aliphatic rings. The molecule has 0 aliphatic heterocycles. The van der Waals surface area contributed by atoms with Gasteiger partial charge in [0.25, 0.3) is 6.43 Å². The lowest BCUT2D eigenvalue weighted by Crippen LogP contribution is -2.08. The first kappa shape index (κ1) is 11.5. The van der Waals surface area contributed by atoms with Gasteiger partial charge in [-0.05, 0) is 11.6 Å². The molecule has 0 bridgehead atoms. The number of nitrogens with zero attached hydrogens (tertiary/aromatic N) is 1. The Morgan fingerprint density at radius 2 is 2.27 bits per heavy atom. The number of hydrogen-bond acceptors (Lipinski definition) is 3. The minimum absolute atomic E-state index is 0.107. The molecule has 6 heteroatoms. The zero-order valence-electron chi connectivity index (χ0n) is 7.84. The van der Waals surface area contributed by atoms with Crippen LogP contribution < -0.4 is 0 Å². The van der Waals surface area contributed by atoms with Gasteiger partial charge in [-0.2, -0.15) is 4.39 Å². The maximum absolute atomic E-state index is 12.7. The second kappa shape index (κ2) is 4.77. The molecule has 82 valence electrons. The molecular formula is C9H8F3NO2. The summed E-state index contributed by atoms with van der Waals surface area (Å²) in [7, 11) is 1.13. The lowest BCUT2D eigenvalue weighted by atomic mass is 10.1. The summed E-state index contributed by atoms with van der Waals surface area (Å²) in [6, 6.07) is 0.804. The Bertz CT molecular complexity index is 368. The van der Waals surface area contributed by atoms with Crippen molar-refractivity contribution in [2.24, 2.45) is 0 Å². The third kappa shape index (κ3) is 2.93. The van der Waals surface area contributed by atoms with Crippen LogP contribution in [0.2, 0.25) is 0 Å². The Morgan fingerprint density at radius 3 is 2.80 bits per heavy atom. The molecule has 0 amide bonds. The van der Waals surface area contributed by atoms with Crippen molar-refractivity contribution in [1.29, 1.82) is 0 Å². The van der Waals surface area contributed by atoms with Crippen molar-refractivity contribution in [3.05, 3.63) is 29.3 Å². The summed E-state index contributed by atoms with van der Waals surface area (Å²) in [5, 5.41) is 0. The largest absolute Gasteiger partial charge is 0.469 e. The van der Waals surface area contributed by atoms with Crippen LogP contribution in [0.3, 0.4) is 0 Å². The average Bonchev–Trinajstić information content (AvgIpc) is 2.17. The van der Waals surface area contributed by atoms with Crippen molar-refractivity contribution in [2.75, 3.05) is 7.11 Å². The summed E-state index contributed by atoms with van der Waals surface area (Å²) >= 11 is 0. The predicted molar refractivity (Wildman–Crippen MR) is 44.9 cm³/mol. The molecular weight excluding hydrogens is 211 g/mol. The number of halogens is 3. The SMILES string of the molecule is COC(=O)Cc1cc(F)ncc1C(F)F. The van der Waals surface area contributed by atoms with Gasteiger partial charge in [-0.25, -0.2) is 13.8 Å². The number of alkyl halides is 2. The van der Waals surface area contributed by atoms with Crippen molar-refractivity contribution >= 4 is 5.97 Å². The molecule has 0 atom stereocenters. The third-order valence-electron chi connectivity index (χ3n) is 1.79. The average molecular weight is 219 g/mol. The van der Waals surface area contributed by atoms with E-state index in [4.69, 9.17) is 0 Å². The van der Waals surface area contributed by atoms with Crippen LogP contribution in [0.25, 0.3) is 0 Å². The van der Waals surface area contributed by atoms with Crippen molar-refractivity contribution in [3.63, 3.8) is 0 Å². The van der Waals surface area contributed by atoms with Gasteiger partial charge in [0, 0.05) is 11.8 Å². The molecule has 1 aromatic rings. The van der Waals surface area contributed by atoms with Gasteiger partial charge in [-0.3, -0.25) is 4.79 Å². The molecule has 3 nitrogen and oxygen atoms in total. The van der Waals surface area contributed by atoms with Crippen LogP contribution in [-0.4, -0.2) is 18.1 Å². The minimum Gasteiger partial charge on any atom is -0.469 e. The van der Waals surface area contributed by atoms with E-state index in [1.165, 1.54) is 0 Å². The topological polar surface area (TPSA) is 39.2 Å². The summed E-state index contributed by atoms with van der Waals surface area (Å²) in [6.07, 6.45) is -2.47. The number of pyridine rings is 1. The lowest BCUT2D eigenvalue weighted by molar-refractivity contribution is -0.139. The van der Waals surface area contributed by atoms with E-state index >= 15 is 0 Å². The van der Waals surface area contributed by atoms with E-state index in [-0.39, 0.29) is 5.56 Å². The van der Waals surface area contributed by atoms with E-state index in [0.717, 1.165) is 19.4 Å². The third-order valence-corrected chi connectivity index (χ3v) is 1.79. The van der Waals surface area contributed by atoms with Gasteiger partial charge < -0.3 is 4.74 Å². The van der Waals surface area contributed by atoms with E-state index in [1.54, 1.807) is 0 Å². The summed E-state index contributed by atoms with van der Waals surface area (Å²) in [5.41, 5.74) is -0.564. The maximum Gasteiger partial charge on any atom is 0.309 e. The highest BCUT2D eigenvalue weighted by Crippen LogP contribution is 2.23. The Hall–Kier alpha value is -1.59. The van der Waals surface area contributed by atoms with Gasteiger partial charge in [0.2, 0.25) is 5.95 Å². The maximum atomic E-state index is 12.7. The molecule has 0 saturated carbocycles. The molecule has 0 spiro atoms. The van der Waals surface area contributed by atoms with E-state index in [1.807, 2.05) is 0 Å². The Labute approximate surface area is 83.9 Å². The zero-order valence-corrected chi connectivity index (χ0v) is 7.84. The van der Waals surface area contributed by atoms with Crippen molar-refractivity contribution in [2.45, 2.75) is 12.8 Å². The molecule has 0 aromatic carbocycles. The minimum atomic E-state index is -2.79. The zero-order chi connectivity index (χ0) is 11.4. The molecule has 0 radical (unpaired) electrons. The van der Waals surface area contributed by atoms with E-state index < -0.39 is 30.3 Å². The number of esters is 1. The van der Waals surface area contributed by atoms with Crippen LogP contribution in [0, 0.1) is 5.95 Å². The van der Waals surface area contributed by atoms with E-state index in [2.05, 4.69) is 9.72 Å². The number of rotatable bonds is 3. The van der Waals surface area contributed by atoms with Gasteiger partial charge in [-0.15, -0.1) is 0 Å². The smallest absolute Gasteiger partial charge is 0.309 e. The highest BCUT2D eigenvalue weighted by Gasteiger charge is 2.16. The fraction of sp³-hybridized carbons (Fsp3) is 0.333. The molecule has 0 fully saturated rings. The Morgan fingerprint density at radius 1 is 1.60 bits per heavy atom. The van der Waals surface area contributed by atoms with Crippen molar-refractivity contribution in [3.8, 4) is 0 Å².